The highest BCUT2D eigenvalue weighted by Crippen LogP contribution is 2.15. The van der Waals surface area contributed by atoms with Crippen molar-refractivity contribution in [3.8, 4) is 0 Å². The number of benzene rings is 1. The molecule has 2 heterocycles. The lowest BCUT2D eigenvalue weighted by Gasteiger charge is -1.94. The normalized spacial score (nSPS) is 11.2. The molecule has 3 aromatic rings. The van der Waals surface area contributed by atoms with Gasteiger partial charge in [-0.05, 0) is 18.2 Å². The zero-order valence-electron chi connectivity index (χ0n) is 9.96. The number of fused-ring (bicyclic) bond motifs is 1. The third-order valence-electron chi connectivity index (χ3n) is 2.74. The fourth-order valence-electron chi connectivity index (χ4n) is 1.82. The quantitative estimate of drug-likeness (QED) is 0.556. The number of para-hydroxylation sites is 1. The highest BCUT2D eigenvalue weighted by atomic mass is 16.3. The van der Waals surface area contributed by atoms with Crippen LogP contribution in [-0.2, 0) is 0 Å². The van der Waals surface area contributed by atoms with Crippen molar-refractivity contribution in [2.45, 2.75) is 0 Å². The fraction of sp³-hybridized carbons (Fsp3) is 0. The lowest BCUT2D eigenvalue weighted by molar-refractivity contribution is 0.0927. The minimum Gasteiger partial charge on any atom is -0.459 e. The standard InChI is InChI=1S/C14H11N3O2/c18-14(13-6-3-7-19-13)17-16-9-10-8-15-12-5-2-1-4-11(10)12/h1-9,15H,(H,17,18)/b16-9-. The van der Waals surface area contributed by atoms with Crippen LogP contribution in [0.2, 0.25) is 0 Å². The first-order valence-corrected chi connectivity index (χ1v) is 5.77. The maximum atomic E-state index is 11.6. The number of carbonyl (C=O) groups excluding carboxylic acids is 1. The molecule has 1 aromatic carbocycles. The number of furan rings is 1. The predicted octanol–water partition coefficient (Wildman–Crippen LogP) is 2.52. The third-order valence-corrected chi connectivity index (χ3v) is 2.74. The van der Waals surface area contributed by atoms with Crippen LogP contribution in [0, 0.1) is 0 Å². The molecule has 0 saturated carbocycles. The van der Waals surface area contributed by atoms with E-state index in [1.807, 2.05) is 30.5 Å². The molecular formula is C14H11N3O2. The molecule has 5 heteroatoms. The molecule has 0 atom stereocenters. The van der Waals surface area contributed by atoms with Gasteiger partial charge in [-0.25, -0.2) is 5.43 Å². The van der Waals surface area contributed by atoms with Gasteiger partial charge in [0, 0.05) is 22.7 Å². The maximum Gasteiger partial charge on any atom is 0.307 e. The van der Waals surface area contributed by atoms with Crippen LogP contribution >= 0.6 is 0 Å². The van der Waals surface area contributed by atoms with Gasteiger partial charge >= 0.3 is 5.91 Å². The molecule has 0 unspecified atom stereocenters. The number of nitrogens with one attached hydrogen (secondary N) is 2. The lowest BCUT2D eigenvalue weighted by atomic mass is 10.2. The van der Waals surface area contributed by atoms with E-state index in [1.165, 1.54) is 6.26 Å². The Bertz CT molecular complexity index is 726. The van der Waals surface area contributed by atoms with Crippen molar-refractivity contribution in [2.75, 3.05) is 0 Å². The average Bonchev–Trinajstić information content (AvgIpc) is 3.08. The number of nitrogens with zero attached hydrogens (tertiary/aromatic N) is 1. The summed E-state index contributed by atoms with van der Waals surface area (Å²) in [6.07, 6.45) is 4.88. The second-order valence-electron chi connectivity index (χ2n) is 3.97. The number of hydrazone groups is 1. The molecule has 1 amide bonds. The van der Waals surface area contributed by atoms with E-state index in [1.54, 1.807) is 18.3 Å². The molecule has 3 rings (SSSR count). The highest BCUT2D eigenvalue weighted by molar-refractivity contribution is 5.99. The van der Waals surface area contributed by atoms with E-state index in [-0.39, 0.29) is 11.7 Å². The zero-order valence-corrected chi connectivity index (χ0v) is 9.96. The minimum absolute atomic E-state index is 0.232. The molecule has 2 aromatic heterocycles. The summed E-state index contributed by atoms with van der Waals surface area (Å²) in [6.45, 7) is 0. The maximum absolute atomic E-state index is 11.6. The molecule has 0 radical (unpaired) electrons. The molecule has 0 aliphatic heterocycles. The second-order valence-corrected chi connectivity index (χ2v) is 3.97. The summed E-state index contributed by atoms with van der Waals surface area (Å²) in [5.74, 6) is -0.142. The van der Waals surface area contributed by atoms with Crippen molar-refractivity contribution >= 4 is 23.0 Å². The van der Waals surface area contributed by atoms with Gasteiger partial charge in [-0.15, -0.1) is 0 Å². The number of rotatable bonds is 3. The van der Waals surface area contributed by atoms with Gasteiger partial charge in [0.2, 0.25) is 0 Å². The van der Waals surface area contributed by atoms with E-state index in [9.17, 15) is 4.79 Å². The summed E-state index contributed by atoms with van der Waals surface area (Å²) >= 11 is 0. The van der Waals surface area contributed by atoms with Crippen molar-refractivity contribution in [1.82, 2.24) is 10.4 Å². The van der Waals surface area contributed by atoms with E-state index in [4.69, 9.17) is 4.42 Å². The van der Waals surface area contributed by atoms with Gasteiger partial charge in [0.05, 0.1) is 12.5 Å². The van der Waals surface area contributed by atoms with E-state index in [0.29, 0.717) is 0 Å². The molecule has 0 saturated heterocycles. The summed E-state index contributed by atoms with van der Waals surface area (Å²) in [5.41, 5.74) is 4.35. The Hall–Kier alpha value is -2.82. The zero-order chi connectivity index (χ0) is 13.1. The summed E-state index contributed by atoms with van der Waals surface area (Å²) < 4.78 is 4.96. The van der Waals surface area contributed by atoms with Crippen LogP contribution in [-0.4, -0.2) is 17.1 Å². The topological polar surface area (TPSA) is 70.4 Å². The van der Waals surface area contributed by atoms with Crippen LogP contribution in [0.4, 0.5) is 0 Å². The molecule has 0 bridgehead atoms. The molecule has 0 aliphatic carbocycles. The molecule has 19 heavy (non-hydrogen) atoms. The largest absolute Gasteiger partial charge is 0.459 e. The van der Waals surface area contributed by atoms with E-state index >= 15 is 0 Å². The Kier molecular flexibility index (Phi) is 2.86. The number of hydrogen-bond donors (Lipinski definition) is 2. The van der Waals surface area contributed by atoms with Gasteiger partial charge in [0.1, 0.15) is 0 Å². The Morgan fingerprint density at radius 3 is 3.00 bits per heavy atom. The first-order chi connectivity index (χ1) is 9.34. The summed E-state index contributed by atoms with van der Waals surface area (Å²) in [6, 6.07) is 11.1. The van der Waals surface area contributed by atoms with Crippen molar-refractivity contribution in [2.24, 2.45) is 5.10 Å². The number of hydrogen-bond acceptors (Lipinski definition) is 3. The Morgan fingerprint density at radius 2 is 2.16 bits per heavy atom. The molecule has 0 spiro atoms. The predicted molar refractivity (Wildman–Crippen MR) is 72.1 cm³/mol. The van der Waals surface area contributed by atoms with Crippen molar-refractivity contribution in [3.05, 3.63) is 60.2 Å². The van der Waals surface area contributed by atoms with Crippen LogP contribution < -0.4 is 5.43 Å². The number of aromatic amines is 1. The van der Waals surface area contributed by atoms with Crippen LogP contribution in [0.25, 0.3) is 10.9 Å². The number of aromatic nitrogens is 1. The Morgan fingerprint density at radius 1 is 1.26 bits per heavy atom. The first kappa shape index (κ1) is 11.3. The minimum atomic E-state index is -0.374. The van der Waals surface area contributed by atoms with Gasteiger partial charge in [0.25, 0.3) is 0 Å². The lowest BCUT2D eigenvalue weighted by Crippen LogP contribution is -2.16. The number of carbonyl (C=O) groups is 1. The van der Waals surface area contributed by atoms with E-state index < -0.39 is 0 Å². The van der Waals surface area contributed by atoms with Gasteiger partial charge in [0.15, 0.2) is 5.76 Å². The Balaban J connectivity index is 1.75. The van der Waals surface area contributed by atoms with E-state index in [0.717, 1.165) is 16.5 Å². The SMILES string of the molecule is O=C(N/N=C\c1c[nH]c2ccccc12)c1ccco1. The molecule has 5 nitrogen and oxygen atoms in total. The molecular weight excluding hydrogens is 242 g/mol. The third kappa shape index (κ3) is 2.26. The van der Waals surface area contributed by atoms with Crippen LogP contribution in [0.3, 0.4) is 0 Å². The van der Waals surface area contributed by atoms with Gasteiger partial charge in [-0.2, -0.15) is 5.10 Å². The van der Waals surface area contributed by atoms with Crippen LogP contribution in [0.5, 0.6) is 0 Å². The second kappa shape index (κ2) is 4.81. The van der Waals surface area contributed by atoms with Gasteiger partial charge in [-0.1, -0.05) is 18.2 Å². The van der Waals surface area contributed by atoms with Gasteiger partial charge in [-0.3, -0.25) is 4.79 Å². The molecule has 2 N–H and O–H groups in total. The number of amides is 1. The smallest absolute Gasteiger partial charge is 0.307 e. The molecule has 0 fully saturated rings. The Labute approximate surface area is 108 Å². The molecule has 94 valence electrons. The molecule has 0 aliphatic rings. The van der Waals surface area contributed by atoms with Crippen LogP contribution in [0.1, 0.15) is 16.1 Å². The van der Waals surface area contributed by atoms with Crippen molar-refractivity contribution in [1.29, 1.82) is 0 Å². The highest BCUT2D eigenvalue weighted by Gasteiger charge is 2.06. The summed E-state index contributed by atoms with van der Waals surface area (Å²) in [4.78, 5) is 14.7. The van der Waals surface area contributed by atoms with Gasteiger partial charge < -0.3 is 9.40 Å². The summed E-state index contributed by atoms with van der Waals surface area (Å²) in [7, 11) is 0. The van der Waals surface area contributed by atoms with Crippen molar-refractivity contribution in [3.63, 3.8) is 0 Å². The van der Waals surface area contributed by atoms with E-state index in [2.05, 4.69) is 15.5 Å². The monoisotopic (exact) mass is 253 g/mol. The average molecular weight is 253 g/mol. The first-order valence-electron chi connectivity index (χ1n) is 5.77. The van der Waals surface area contributed by atoms with Crippen LogP contribution in [0.15, 0.2) is 58.4 Å². The fourth-order valence-corrected chi connectivity index (χ4v) is 1.82. The van der Waals surface area contributed by atoms with Crippen molar-refractivity contribution < 1.29 is 9.21 Å². The summed E-state index contributed by atoms with van der Waals surface area (Å²) in [5, 5.41) is 4.97. The number of H-pyrrole nitrogens is 1.